The van der Waals surface area contributed by atoms with E-state index in [0.29, 0.717) is 6.54 Å². The summed E-state index contributed by atoms with van der Waals surface area (Å²) >= 11 is 0. The van der Waals surface area contributed by atoms with Crippen LogP contribution in [-0.4, -0.2) is 14.4 Å². The maximum absolute atomic E-state index is 5.26. The van der Waals surface area contributed by atoms with Crippen LogP contribution in [-0.2, 0) is 0 Å². The third-order valence-corrected chi connectivity index (χ3v) is 0.440. The van der Waals surface area contributed by atoms with Crippen LogP contribution in [0.25, 0.3) is 0 Å². The maximum atomic E-state index is 5.26. The first-order valence-electron chi connectivity index (χ1n) is 1.96. The number of nitrogens with one attached hydrogen (secondary N) is 1. The van der Waals surface area contributed by atoms with E-state index in [-0.39, 0.29) is 5.82 Å². The Labute approximate surface area is 39.5 Å². The van der Waals surface area contributed by atoms with Crippen molar-refractivity contribution in [2.75, 3.05) is 6.54 Å². The highest BCUT2D eigenvalue weighted by atomic mass is 15.2. The van der Waals surface area contributed by atoms with Crippen LogP contribution < -0.4 is 11.3 Å². The second-order valence-electron chi connectivity index (χ2n) is 1.39. The first kappa shape index (κ1) is 5.98. The quantitative estimate of drug-likeness (QED) is 0.267. The minimum absolute atomic E-state index is 0.162. The molecule has 0 aromatic rings. The normalized spacial score (nSPS) is 14.3. The Morgan fingerprint density at radius 1 is 2.00 bits per heavy atom. The van der Waals surface area contributed by atoms with Crippen LogP contribution in [0, 0.1) is 0 Å². The highest BCUT2D eigenvalue weighted by Crippen LogP contribution is 1.86. The summed E-state index contributed by atoms with van der Waals surface area (Å²) in [7, 11) is 5.26. The molecule has 0 rings (SSSR count). The van der Waals surface area contributed by atoms with Gasteiger partial charge in [-0.1, -0.05) is 12.7 Å². The molecule has 0 bridgehead atoms. The van der Waals surface area contributed by atoms with Crippen LogP contribution in [0.4, 0.5) is 0 Å². The van der Waals surface area contributed by atoms with Crippen molar-refractivity contribution in [3.05, 3.63) is 0 Å². The molecule has 0 fully saturated rings. The van der Waals surface area contributed by atoms with Gasteiger partial charge < -0.3 is 0 Å². The third-order valence-electron chi connectivity index (χ3n) is 0.440. The van der Waals surface area contributed by atoms with Gasteiger partial charge in [-0.3, -0.25) is 11.3 Å². The highest BCUT2D eigenvalue weighted by Gasteiger charge is 1.84. The SMILES string of the molecule is [B]C(C)CNN. The molecule has 2 nitrogen and oxygen atoms in total. The third kappa shape index (κ3) is 3.98. The Morgan fingerprint density at radius 3 is 2.50 bits per heavy atom. The Bertz CT molecular complexity index is 30.0. The molecule has 0 aliphatic rings. The van der Waals surface area contributed by atoms with Crippen molar-refractivity contribution >= 4 is 7.85 Å². The minimum atomic E-state index is 0.162. The molecule has 0 saturated carbocycles. The summed E-state index contributed by atoms with van der Waals surface area (Å²) in [5.74, 6) is 5.06. The van der Waals surface area contributed by atoms with Crippen molar-refractivity contribution in [3.8, 4) is 0 Å². The fourth-order valence-corrected chi connectivity index (χ4v) is 0.186. The monoisotopic (exact) mass is 84.1 g/mol. The Morgan fingerprint density at radius 2 is 2.50 bits per heavy atom. The first-order valence-corrected chi connectivity index (χ1v) is 1.96. The molecule has 0 spiro atoms. The van der Waals surface area contributed by atoms with E-state index in [9.17, 15) is 0 Å². The van der Waals surface area contributed by atoms with E-state index in [2.05, 4.69) is 5.43 Å². The lowest BCUT2D eigenvalue weighted by molar-refractivity contribution is 0.712. The molecular weight excluding hydrogens is 74.9 g/mol. The predicted molar refractivity (Wildman–Crippen MR) is 27.4 cm³/mol. The predicted octanol–water partition coefficient (Wildman–Crippen LogP) is -0.573. The molecule has 1 unspecified atom stereocenters. The van der Waals surface area contributed by atoms with Gasteiger partial charge in [0.2, 0.25) is 0 Å². The van der Waals surface area contributed by atoms with Crippen LogP contribution >= 0.6 is 0 Å². The summed E-state index contributed by atoms with van der Waals surface area (Å²) in [5, 5.41) is 0. The molecule has 0 amide bonds. The summed E-state index contributed by atoms with van der Waals surface area (Å²) in [6.45, 7) is 2.57. The summed E-state index contributed by atoms with van der Waals surface area (Å²) in [6.07, 6.45) is 0. The van der Waals surface area contributed by atoms with Crippen molar-refractivity contribution in [2.45, 2.75) is 12.7 Å². The molecule has 0 saturated heterocycles. The van der Waals surface area contributed by atoms with Gasteiger partial charge in [-0.25, -0.2) is 0 Å². The number of rotatable bonds is 2. The molecule has 1 atom stereocenters. The van der Waals surface area contributed by atoms with Gasteiger partial charge in [0.25, 0.3) is 0 Å². The van der Waals surface area contributed by atoms with Crippen molar-refractivity contribution in [1.82, 2.24) is 5.43 Å². The topological polar surface area (TPSA) is 38.0 Å². The molecule has 0 heterocycles. The van der Waals surface area contributed by atoms with Crippen molar-refractivity contribution in [3.63, 3.8) is 0 Å². The molecular formula is C3H9BN2. The number of hydrogen-bond donors (Lipinski definition) is 2. The van der Waals surface area contributed by atoms with Gasteiger partial charge in [0.15, 0.2) is 0 Å². The molecule has 3 N–H and O–H groups in total. The molecule has 2 radical (unpaired) electrons. The van der Waals surface area contributed by atoms with E-state index in [4.69, 9.17) is 13.7 Å². The number of hydrogen-bond acceptors (Lipinski definition) is 2. The molecule has 6 heavy (non-hydrogen) atoms. The zero-order chi connectivity index (χ0) is 4.99. The summed E-state index contributed by atoms with van der Waals surface area (Å²) in [4.78, 5) is 0. The molecule has 0 aliphatic carbocycles. The zero-order valence-corrected chi connectivity index (χ0v) is 3.94. The van der Waals surface area contributed by atoms with Crippen LogP contribution in [0.5, 0.6) is 0 Å². The summed E-state index contributed by atoms with van der Waals surface area (Å²) in [5.41, 5.74) is 2.44. The molecule has 0 aliphatic heterocycles. The average Bonchev–Trinajstić information content (AvgIpc) is 1.35. The summed E-state index contributed by atoms with van der Waals surface area (Å²) in [6, 6.07) is 0. The maximum Gasteiger partial charge on any atom is 0.0713 e. The number of nitrogens with two attached hydrogens (primary N) is 1. The van der Waals surface area contributed by atoms with Gasteiger partial charge in [-0.05, 0) is 0 Å². The largest absolute Gasteiger partial charge is 0.271 e. The van der Waals surface area contributed by atoms with Gasteiger partial charge in [-0.15, -0.1) is 0 Å². The smallest absolute Gasteiger partial charge is 0.0713 e. The van der Waals surface area contributed by atoms with E-state index >= 15 is 0 Å². The van der Waals surface area contributed by atoms with Crippen molar-refractivity contribution < 1.29 is 0 Å². The van der Waals surface area contributed by atoms with Crippen LogP contribution in [0.2, 0.25) is 5.82 Å². The lowest BCUT2D eigenvalue weighted by Crippen LogP contribution is -2.25. The van der Waals surface area contributed by atoms with Gasteiger partial charge in [0.05, 0.1) is 7.85 Å². The molecule has 3 heteroatoms. The number of hydrazine groups is 1. The minimum Gasteiger partial charge on any atom is -0.271 e. The summed E-state index contributed by atoms with van der Waals surface area (Å²) < 4.78 is 0. The zero-order valence-electron chi connectivity index (χ0n) is 3.94. The fraction of sp³-hybridized carbons (Fsp3) is 1.00. The average molecular weight is 83.9 g/mol. The van der Waals surface area contributed by atoms with E-state index < -0.39 is 0 Å². The molecule has 34 valence electrons. The van der Waals surface area contributed by atoms with Crippen LogP contribution in [0.3, 0.4) is 0 Å². The van der Waals surface area contributed by atoms with Gasteiger partial charge in [0, 0.05) is 6.54 Å². The van der Waals surface area contributed by atoms with E-state index in [1.54, 1.807) is 0 Å². The lowest BCUT2D eigenvalue weighted by Gasteiger charge is -1.98. The lowest BCUT2D eigenvalue weighted by atomic mass is 9.90. The van der Waals surface area contributed by atoms with Crippen molar-refractivity contribution in [1.29, 1.82) is 0 Å². The molecule has 0 aromatic carbocycles. The fourth-order valence-electron chi connectivity index (χ4n) is 0.186. The van der Waals surface area contributed by atoms with Gasteiger partial charge >= 0.3 is 0 Å². The Kier molecular flexibility index (Phi) is 3.18. The second-order valence-corrected chi connectivity index (χ2v) is 1.39. The van der Waals surface area contributed by atoms with E-state index in [1.807, 2.05) is 6.92 Å². The van der Waals surface area contributed by atoms with Crippen molar-refractivity contribution in [2.24, 2.45) is 5.84 Å². The van der Waals surface area contributed by atoms with Crippen LogP contribution in [0.15, 0.2) is 0 Å². The van der Waals surface area contributed by atoms with E-state index in [0.717, 1.165) is 0 Å². The van der Waals surface area contributed by atoms with Gasteiger partial charge in [-0.2, -0.15) is 0 Å². The molecule has 0 aromatic heterocycles. The van der Waals surface area contributed by atoms with E-state index in [1.165, 1.54) is 0 Å². The highest BCUT2D eigenvalue weighted by molar-refractivity contribution is 6.11. The Balaban J connectivity index is 2.63. The first-order chi connectivity index (χ1) is 2.77. The Hall–Kier alpha value is -0.0151. The second kappa shape index (κ2) is 3.19. The van der Waals surface area contributed by atoms with Gasteiger partial charge in [0.1, 0.15) is 0 Å². The van der Waals surface area contributed by atoms with Crippen LogP contribution in [0.1, 0.15) is 6.92 Å². The standard InChI is InChI=1S/C3H9BN2/c1-3(4)2-6-5/h3,6H,2,5H2,1H3.